The topological polar surface area (TPSA) is 81.4 Å². The van der Waals surface area contributed by atoms with Crippen molar-refractivity contribution in [3.05, 3.63) is 71.7 Å². The molecule has 0 spiro atoms. The molecular weight excluding hydrogens is 383 g/mol. The number of hydrogen-bond acceptors (Lipinski definition) is 4. The van der Waals surface area contributed by atoms with Crippen LogP contribution in [0.15, 0.2) is 55.1 Å². The molecule has 7 nitrogen and oxygen atoms in total. The zero-order chi connectivity index (χ0) is 19.4. The third kappa shape index (κ3) is 2.49. The van der Waals surface area contributed by atoms with Gasteiger partial charge >= 0.3 is 0 Å². The van der Waals surface area contributed by atoms with Crippen LogP contribution in [0.3, 0.4) is 0 Å². The second-order valence-corrected chi connectivity index (χ2v) is 6.95. The first kappa shape index (κ1) is 16.9. The molecule has 0 aliphatic carbocycles. The number of nitrogens with two attached hydrogens (primary N) is 1. The smallest absolute Gasteiger partial charge is 0.277 e. The molecule has 140 valence electrons. The highest BCUT2D eigenvalue weighted by Crippen LogP contribution is 2.32. The molecule has 0 bridgehead atoms. The van der Waals surface area contributed by atoms with E-state index in [1.165, 1.54) is 21.7 Å². The molecule has 3 aromatic heterocycles. The van der Waals surface area contributed by atoms with Crippen molar-refractivity contribution in [2.45, 2.75) is 6.17 Å². The van der Waals surface area contributed by atoms with Crippen molar-refractivity contribution in [1.82, 2.24) is 19.2 Å². The third-order valence-corrected chi connectivity index (χ3v) is 5.15. The Morgan fingerprint density at radius 2 is 2.11 bits per heavy atom. The SMILES string of the molecule is N[C@H]1CN(c2ccc(Cl)c(F)c2)C(=O)c2c(-c3ccc4nccn4c3)cnn21. The van der Waals surface area contributed by atoms with Crippen LogP contribution in [0.4, 0.5) is 10.1 Å². The molecule has 5 rings (SSSR count). The van der Waals surface area contributed by atoms with Gasteiger partial charge in [0, 0.05) is 35.4 Å². The summed E-state index contributed by atoms with van der Waals surface area (Å²) in [6.45, 7) is 0.175. The van der Waals surface area contributed by atoms with Crippen LogP contribution in [0, 0.1) is 5.82 Å². The lowest BCUT2D eigenvalue weighted by molar-refractivity contribution is 0.0952. The first-order chi connectivity index (χ1) is 13.5. The van der Waals surface area contributed by atoms with E-state index >= 15 is 0 Å². The van der Waals surface area contributed by atoms with E-state index in [1.807, 2.05) is 28.9 Å². The van der Waals surface area contributed by atoms with E-state index in [9.17, 15) is 9.18 Å². The second kappa shape index (κ2) is 6.15. The fourth-order valence-corrected chi connectivity index (χ4v) is 3.59. The highest BCUT2D eigenvalue weighted by atomic mass is 35.5. The van der Waals surface area contributed by atoms with Gasteiger partial charge in [-0.25, -0.2) is 14.1 Å². The summed E-state index contributed by atoms with van der Waals surface area (Å²) in [6.07, 6.45) is 6.46. The summed E-state index contributed by atoms with van der Waals surface area (Å²) in [7, 11) is 0. The number of pyridine rings is 1. The van der Waals surface area contributed by atoms with Crippen molar-refractivity contribution in [2.75, 3.05) is 11.4 Å². The maximum Gasteiger partial charge on any atom is 0.277 e. The number of amides is 1. The van der Waals surface area contributed by atoms with Crippen LogP contribution >= 0.6 is 11.6 Å². The first-order valence-electron chi connectivity index (χ1n) is 8.56. The Morgan fingerprint density at radius 3 is 2.93 bits per heavy atom. The fourth-order valence-electron chi connectivity index (χ4n) is 3.47. The number of anilines is 1. The van der Waals surface area contributed by atoms with Crippen LogP contribution < -0.4 is 10.6 Å². The molecule has 2 N–H and O–H groups in total. The summed E-state index contributed by atoms with van der Waals surface area (Å²) in [6, 6.07) is 7.99. The molecule has 28 heavy (non-hydrogen) atoms. The molecule has 0 saturated carbocycles. The zero-order valence-electron chi connectivity index (χ0n) is 14.5. The molecule has 0 fully saturated rings. The molecular formula is C19H14ClFN6O. The summed E-state index contributed by atoms with van der Waals surface area (Å²) >= 11 is 5.77. The number of rotatable bonds is 2. The van der Waals surface area contributed by atoms with Gasteiger partial charge in [0.05, 0.1) is 17.8 Å². The minimum absolute atomic E-state index is 0.00290. The zero-order valence-corrected chi connectivity index (χ0v) is 15.2. The Kier molecular flexibility index (Phi) is 3.71. The van der Waals surface area contributed by atoms with E-state index in [0.29, 0.717) is 16.9 Å². The molecule has 4 aromatic rings. The number of hydrogen-bond donors (Lipinski definition) is 1. The van der Waals surface area contributed by atoms with Crippen LogP contribution in [-0.2, 0) is 0 Å². The maximum absolute atomic E-state index is 13.9. The molecule has 1 atom stereocenters. The number of nitrogens with zero attached hydrogens (tertiary/aromatic N) is 5. The Morgan fingerprint density at radius 1 is 1.25 bits per heavy atom. The number of benzene rings is 1. The fraction of sp³-hybridized carbons (Fsp3) is 0.105. The van der Waals surface area contributed by atoms with Crippen molar-refractivity contribution in [1.29, 1.82) is 0 Å². The lowest BCUT2D eigenvalue weighted by atomic mass is 10.1. The third-order valence-electron chi connectivity index (χ3n) is 4.84. The van der Waals surface area contributed by atoms with Crippen molar-refractivity contribution in [3.63, 3.8) is 0 Å². The van der Waals surface area contributed by atoms with Crippen LogP contribution in [0.1, 0.15) is 16.7 Å². The number of fused-ring (bicyclic) bond motifs is 2. The van der Waals surface area contributed by atoms with Crippen molar-refractivity contribution < 1.29 is 9.18 Å². The van der Waals surface area contributed by atoms with Crippen LogP contribution in [0.5, 0.6) is 0 Å². The van der Waals surface area contributed by atoms with E-state index in [2.05, 4.69) is 10.1 Å². The van der Waals surface area contributed by atoms with Crippen LogP contribution in [-0.4, -0.2) is 31.6 Å². The molecule has 1 aliphatic heterocycles. The highest BCUT2D eigenvalue weighted by Gasteiger charge is 2.34. The predicted octanol–water partition coefficient (Wildman–Crippen LogP) is 3.11. The summed E-state index contributed by atoms with van der Waals surface area (Å²) in [4.78, 5) is 18.9. The molecule has 1 aromatic carbocycles. The molecule has 1 amide bonds. The van der Waals surface area contributed by atoms with Crippen LogP contribution in [0.2, 0.25) is 5.02 Å². The summed E-state index contributed by atoms with van der Waals surface area (Å²) in [5, 5.41) is 4.31. The van der Waals surface area contributed by atoms with Crippen molar-refractivity contribution in [2.24, 2.45) is 5.73 Å². The summed E-state index contributed by atoms with van der Waals surface area (Å²) < 4.78 is 17.3. The van der Waals surface area contributed by atoms with Crippen molar-refractivity contribution >= 4 is 28.8 Å². The second-order valence-electron chi connectivity index (χ2n) is 6.54. The lowest BCUT2D eigenvalue weighted by Crippen LogP contribution is -2.46. The van der Waals surface area contributed by atoms with E-state index in [4.69, 9.17) is 17.3 Å². The Labute approximate surface area is 163 Å². The lowest BCUT2D eigenvalue weighted by Gasteiger charge is -2.32. The molecule has 1 aliphatic rings. The Hall–Kier alpha value is -3.23. The largest absolute Gasteiger partial charge is 0.308 e. The van der Waals surface area contributed by atoms with E-state index in [-0.39, 0.29) is 17.5 Å². The minimum atomic E-state index is -0.592. The number of halogens is 2. The molecule has 0 saturated heterocycles. The Balaban J connectivity index is 1.62. The molecule has 4 heterocycles. The van der Waals surface area contributed by atoms with Crippen molar-refractivity contribution in [3.8, 4) is 11.1 Å². The van der Waals surface area contributed by atoms with Gasteiger partial charge in [0.25, 0.3) is 5.91 Å². The van der Waals surface area contributed by atoms with Gasteiger partial charge in [-0.05, 0) is 30.3 Å². The van der Waals surface area contributed by atoms with E-state index in [1.54, 1.807) is 18.5 Å². The first-order valence-corrected chi connectivity index (χ1v) is 8.94. The summed E-state index contributed by atoms with van der Waals surface area (Å²) in [5.41, 5.74) is 9.24. The number of imidazole rings is 1. The van der Waals surface area contributed by atoms with Gasteiger partial charge in [-0.1, -0.05) is 11.6 Å². The standard InChI is InChI=1S/C19H14ClFN6O/c20-14-3-2-12(7-15(14)21)26-10-16(22)27-18(19(26)28)13(8-24-27)11-1-4-17-23-5-6-25(17)9-11/h1-9,16H,10,22H2/t16-/m1/s1. The molecule has 9 heteroatoms. The highest BCUT2D eigenvalue weighted by molar-refractivity contribution is 6.30. The Bertz CT molecular complexity index is 1230. The van der Waals surface area contributed by atoms with E-state index in [0.717, 1.165) is 11.2 Å². The number of aromatic nitrogens is 4. The average Bonchev–Trinajstić information content (AvgIpc) is 3.33. The quantitative estimate of drug-likeness (QED) is 0.564. The predicted molar refractivity (Wildman–Crippen MR) is 103 cm³/mol. The average molecular weight is 397 g/mol. The normalized spacial score (nSPS) is 16.6. The van der Waals surface area contributed by atoms with Gasteiger partial charge in [-0.15, -0.1) is 0 Å². The van der Waals surface area contributed by atoms with Gasteiger partial charge in [0.1, 0.15) is 23.3 Å². The molecule has 0 radical (unpaired) electrons. The van der Waals surface area contributed by atoms with Gasteiger partial charge in [-0.2, -0.15) is 5.10 Å². The maximum atomic E-state index is 13.9. The summed E-state index contributed by atoms with van der Waals surface area (Å²) in [5.74, 6) is -0.896. The van der Waals surface area contributed by atoms with Gasteiger partial charge in [0.15, 0.2) is 0 Å². The molecule has 0 unspecified atom stereocenters. The van der Waals surface area contributed by atoms with Crippen LogP contribution in [0.25, 0.3) is 16.8 Å². The van der Waals surface area contributed by atoms with Gasteiger partial charge in [0.2, 0.25) is 0 Å². The van der Waals surface area contributed by atoms with Gasteiger partial charge in [-0.3, -0.25) is 4.79 Å². The van der Waals surface area contributed by atoms with E-state index < -0.39 is 12.0 Å². The van der Waals surface area contributed by atoms with Gasteiger partial charge < -0.3 is 15.0 Å². The number of carbonyl (C=O) groups excluding carboxylic acids is 1. The monoisotopic (exact) mass is 396 g/mol. The number of carbonyl (C=O) groups is 1. The minimum Gasteiger partial charge on any atom is -0.308 e.